The number of aromatic hydroxyl groups is 1. The van der Waals surface area contributed by atoms with Gasteiger partial charge in [0.15, 0.2) is 0 Å². The third-order valence-corrected chi connectivity index (χ3v) is 2.35. The highest BCUT2D eigenvalue weighted by atomic mass is 16.4. The maximum Gasteiger partial charge on any atom is 0.342 e. The van der Waals surface area contributed by atoms with E-state index in [2.05, 4.69) is 0 Å². The molecule has 0 saturated heterocycles. The molecule has 2 atom stereocenters. The molecule has 1 aromatic heterocycles. The van der Waals surface area contributed by atoms with Gasteiger partial charge in [-0.25, -0.2) is 4.79 Å². The first-order valence-corrected chi connectivity index (χ1v) is 4.45. The Morgan fingerprint density at radius 3 is 2.43 bits per heavy atom. The molecular formula is C10H14O4. The van der Waals surface area contributed by atoms with E-state index in [4.69, 9.17) is 4.42 Å². The number of hydrogen-bond donors (Lipinski definition) is 2. The average molecular weight is 198 g/mol. The summed E-state index contributed by atoms with van der Waals surface area (Å²) in [4.78, 5) is 11.2. The molecule has 1 heterocycles. The van der Waals surface area contributed by atoms with Crippen molar-refractivity contribution in [1.29, 1.82) is 0 Å². The van der Waals surface area contributed by atoms with Crippen molar-refractivity contribution in [1.82, 2.24) is 0 Å². The molecule has 1 aromatic rings. The standard InChI is InChI=1S/C10H14O4/c1-5(7(3)11)9-4-8(12)6(2)10(13)14-9/h4-5,7,11-12H,1-3H3. The van der Waals surface area contributed by atoms with E-state index in [1.807, 2.05) is 0 Å². The summed E-state index contributed by atoms with van der Waals surface area (Å²) in [6.07, 6.45) is -0.625. The first kappa shape index (κ1) is 10.8. The molecule has 0 spiro atoms. The quantitative estimate of drug-likeness (QED) is 0.747. The number of aliphatic hydroxyl groups is 1. The SMILES string of the molecule is Cc1c(O)cc(C(C)C(C)O)oc1=O. The minimum absolute atomic E-state index is 0.0937. The maximum atomic E-state index is 11.2. The minimum Gasteiger partial charge on any atom is -0.507 e. The van der Waals surface area contributed by atoms with Gasteiger partial charge >= 0.3 is 5.63 Å². The van der Waals surface area contributed by atoms with Gasteiger partial charge in [0, 0.05) is 12.0 Å². The van der Waals surface area contributed by atoms with Gasteiger partial charge in [-0.2, -0.15) is 0 Å². The van der Waals surface area contributed by atoms with Crippen molar-refractivity contribution in [3.8, 4) is 5.75 Å². The monoisotopic (exact) mass is 198 g/mol. The minimum atomic E-state index is -0.625. The van der Waals surface area contributed by atoms with E-state index >= 15 is 0 Å². The first-order valence-electron chi connectivity index (χ1n) is 4.45. The lowest BCUT2D eigenvalue weighted by Crippen LogP contribution is -2.14. The van der Waals surface area contributed by atoms with E-state index < -0.39 is 11.7 Å². The zero-order valence-electron chi connectivity index (χ0n) is 8.44. The van der Waals surface area contributed by atoms with Crippen molar-refractivity contribution in [2.45, 2.75) is 32.8 Å². The fourth-order valence-corrected chi connectivity index (χ4v) is 1.02. The molecule has 1 rings (SSSR count). The summed E-state index contributed by atoms with van der Waals surface area (Å²) < 4.78 is 4.94. The number of hydrogen-bond acceptors (Lipinski definition) is 4. The van der Waals surface area contributed by atoms with Crippen LogP contribution >= 0.6 is 0 Å². The predicted molar refractivity (Wildman–Crippen MR) is 51.5 cm³/mol. The van der Waals surface area contributed by atoms with Crippen molar-refractivity contribution in [3.63, 3.8) is 0 Å². The van der Waals surface area contributed by atoms with Crippen LogP contribution in [0.4, 0.5) is 0 Å². The summed E-state index contributed by atoms with van der Waals surface area (Å²) in [5.41, 5.74) is -0.376. The number of rotatable bonds is 2. The summed E-state index contributed by atoms with van der Waals surface area (Å²) in [5, 5.41) is 18.7. The second-order valence-corrected chi connectivity index (χ2v) is 3.48. The van der Waals surface area contributed by atoms with Crippen molar-refractivity contribution < 1.29 is 14.6 Å². The Balaban J connectivity index is 3.19. The molecular weight excluding hydrogens is 184 g/mol. The molecule has 0 saturated carbocycles. The summed E-state index contributed by atoms with van der Waals surface area (Å²) in [5.74, 6) is -0.106. The second kappa shape index (κ2) is 3.84. The molecule has 0 aliphatic carbocycles. The van der Waals surface area contributed by atoms with E-state index in [0.29, 0.717) is 5.76 Å². The van der Waals surface area contributed by atoms with Gasteiger partial charge in [0.2, 0.25) is 0 Å². The maximum absolute atomic E-state index is 11.2. The Hall–Kier alpha value is -1.29. The molecule has 0 aliphatic rings. The highest BCUT2D eigenvalue weighted by Crippen LogP contribution is 2.22. The van der Waals surface area contributed by atoms with E-state index in [9.17, 15) is 15.0 Å². The Kier molecular flexibility index (Phi) is 2.96. The lowest BCUT2D eigenvalue weighted by Gasteiger charge is -2.13. The molecule has 0 aromatic carbocycles. The molecule has 0 aliphatic heterocycles. The zero-order valence-corrected chi connectivity index (χ0v) is 8.44. The van der Waals surface area contributed by atoms with Gasteiger partial charge in [0.05, 0.1) is 11.7 Å². The van der Waals surface area contributed by atoms with Gasteiger partial charge in [0.1, 0.15) is 11.5 Å². The van der Waals surface area contributed by atoms with E-state index in [1.165, 1.54) is 13.0 Å². The first-order chi connectivity index (χ1) is 6.43. The van der Waals surface area contributed by atoms with Crippen molar-refractivity contribution in [3.05, 3.63) is 27.8 Å². The van der Waals surface area contributed by atoms with Crippen LogP contribution < -0.4 is 5.63 Å². The van der Waals surface area contributed by atoms with Gasteiger partial charge < -0.3 is 14.6 Å². The van der Waals surface area contributed by atoms with E-state index in [1.54, 1.807) is 13.8 Å². The molecule has 78 valence electrons. The van der Waals surface area contributed by atoms with E-state index in [0.717, 1.165) is 0 Å². The van der Waals surface area contributed by atoms with Gasteiger partial charge in [-0.1, -0.05) is 6.92 Å². The van der Waals surface area contributed by atoms with Crippen LogP contribution in [0.5, 0.6) is 5.75 Å². The van der Waals surface area contributed by atoms with Crippen molar-refractivity contribution in [2.75, 3.05) is 0 Å². The average Bonchev–Trinajstić information content (AvgIpc) is 2.12. The summed E-state index contributed by atoms with van der Waals surface area (Å²) in [7, 11) is 0. The molecule has 4 heteroatoms. The van der Waals surface area contributed by atoms with Crippen LogP contribution in [0, 0.1) is 6.92 Å². The van der Waals surface area contributed by atoms with Crippen LogP contribution in [0.3, 0.4) is 0 Å². The second-order valence-electron chi connectivity index (χ2n) is 3.48. The van der Waals surface area contributed by atoms with Gasteiger partial charge in [-0.15, -0.1) is 0 Å². The highest BCUT2D eigenvalue weighted by molar-refractivity contribution is 5.29. The molecule has 0 radical (unpaired) electrons. The molecule has 14 heavy (non-hydrogen) atoms. The topological polar surface area (TPSA) is 70.7 Å². The van der Waals surface area contributed by atoms with Crippen LogP contribution in [0.1, 0.15) is 31.1 Å². The van der Waals surface area contributed by atoms with Crippen LogP contribution in [-0.4, -0.2) is 16.3 Å². The Morgan fingerprint density at radius 2 is 2.00 bits per heavy atom. The largest absolute Gasteiger partial charge is 0.507 e. The smallest absolute Gasteiger partial charge is 0.342 e. The van der Waals surface area contributed by atoms with Gasteiger partial charge in [0.25, 0.3) is 0 Å². The number of aliphatic hydroxyl groups excluding tert-OH is 1. The lowest BCUT2D eigenvalue weighted by molar-refractivity contribution is 0.156. The Bertz CT molecular complexity index is 378. The third kappa shape index (κ3) is 1.96. The molecule has 4 nitrogen and oxygen atoms in total. The summed E-state index contributed by atoms with van der Waals surface area (Å²) in [6, 6.07) is 1.37. The Morgan fingerprint density at radius 1 is 1.43 bits per heavy atom. The van der Waals surface area contributed by atoms with Gasteiger partial charge in [-0.3, -0.25) is 0 Å². The van der Waals surface area contributed by atoms with Crippen LogP contribution in [0.15, 0.2) is 15.3 Å². The molecule has 2 N–H and O–H groups in total. The van der Waals surface area contributed by atoms with Crippen molar-refractivity contribution >= 4 is 0 Å². The predicted octanol–water partition coefficient (Wildman–Crippen LogP) is 1.14. The highest BCUT2D eigenvalue weighted by Gasteiger charge is 2.16. The third-order valence-electron chi connectivity index (χ3n) is 2.35. The summed E-state index contributed by atoms with van der Waals surface area (Å²) in [6.45, 7) is 4.80. The molecule has 0 amide bonds. The van der Waals surface area contributed by atoms with Crippen LogP contribution in [0.2, 0.25) is 0 Å². The van der Waals surface area contributed by atoms with E-state index in [-0.39, 0.29) is 17.2 Å². The fraction of sp³-hybridized carbons (Fsp3) is 0.500. The summed E-state index contributed by atoms with van der Waals surface area (Å²) >= 11 is 0. The molecule has 2 unspecified atom stereocenters. The lowest BCUT2D eigenvalue weighted by atomic mass is 10.0. The normalized spacial score (nSPS) is 15.1. The van der Waals surface area contributed by atoms with Crippen LogP contribution in [0.25, 0.3) is 0 Å². The van der Waals surface area contributed by atoms with Gasteiger partial charge in [-0.05, 0) is 13.8 Å². The fourth-order valence-electron chi connectivity index (χ4n) is 1.02. The molecule has 0 bridgehead atoms. The van der Waals surface area contributed by atoms with Crippen molar-refractivity contribution in [2.24, 2.45) is 0 Å². The molecule has 0 fully saturated rings. The van der Waals surface area contributed by atoms with Crippen LogP contribution in [-0.2, 0) is 0 Å². The zero-order chi connectivity index (χ0) is 10.9. The Labute approximate surface area is 81.8 Å².